The number of benzene rings is 1. The molecule has 0 bridgehead atoms. The number of methoxy groups -OCH3 is 1. The van der Waals surface area contributed by atoms with Crippen molar-refractivity contribution in [1.29, 1.82) is 5.26 Å². The van der Waals surface area contributed by atoms with Gasteiger partial charge in [0.25, 0.3) is 0 Å². The number of nitrogens with one attached hydrogen (secondary N) is 1. The molecule has 1 aromatic heterocycles. The second kappa shape index (κ2) is 11.5. The first-order valence-electron chi connectivity index (χ1n) is 10.9. The van der Waals surface area contributed by atoms with Crippen LogP contribution in [-0.2, 0) is 32.0 Å². The van der Waals surface area contributed by atoms with E-state index in [1.54, 1.807) is 7.11 Å². The van der Waals surface area contributed by atoms with E-state index >= 15 is 0 Å². The van der Waals surface area contributed by atoms with Crippen molar-refractivity contribution in [1.82, 2.24) is 4.90 Å². The van der Waals surface area contributed by atoms with E-state index in [-0.39, 0.29) is 38.0 Å². The standard InChI is InChI=1S/C24H27N3O6S/c1-15(17-5-4-6-18(12-17)31-3)11-22(29)26-23-20(13-25)19-7-8-27(14-21(19)34-23)24(30)33-10-9-32-16(2)28/h4-6,12,15H,7-11,14H2,1-3H3,(H,26,29)/t15-/m0/s1. The summed E-state index contributed by atoms with van der Waals surface area (Å²) >= 11 is 1.30. The highest BCUT2D eigenvalue weighted by molar-refractivity contribution is 7.16. The van der Waals surface area contributed by atoms with Crippen LogP contribution in [0.25, 0.3) is 0 Å². The van der Waals surface area contributed by atoms with E-state index in [1.807, 2.05) is 31.2 Å². The number of amides is 2. The summed E-state index contributed by atoms with van der Waals surface area (Å²) < 4.78 is 15.2. The summed E-state index contributed by atoms with van der Waals surface area (Å²) in [5.74, 6) is 0.0743. The average Bonchev–Trinajstić information content (AvgIpc) is 3.17. The topological polar surface area (TPSA) is 118 Å². The normalized spacial score (nSPS) is 13.3. The number of esters is 1. The van der Waals surface area contributed by atoms with Crippen LogP contribution >= 0.6 is 11.3 Å². The van der Waals surface area contributed by atoms with E-state index in [2.05, 4.69) is 11.4 Å². The summed E-state index contributed by atoms with van der Waals surface area (Å²) in [6, 6.07) is 9.79. The number of carbonyl (C=O) groups excluding carboxylic acids is 3. The van der Waals surface area contributed by atoms with Gasteiger partial charge in [0.1, 0.15) is 30.0 Å². The Morgan fingerprint density at radius 2 is 2.03 bits per heavy atom. The summed E-state index contributed by atoms with van der Waals surface area (Å²) in [6.45, 7) is 3.91. The van der Waals surface area contributed by atoms with Gasteiger partial charge in [-0.2, -0.15) is 5.26 Å². The minimum absolute atomic E-state index is 0.00209. The van der Waals surface area contributed by atoms with Crippen molar-refractivity contribution in [2.24, 2.45) is 0 Å². The molecule has 2 amide bonds. The number of hydrogen-bond donors (Lipinski definition) is 1. The highest BCUT2D eigenvalue weighted by Crippen LogP contribution is 2.37. The number of thiophene rings is 1. The second-order valence-electron chi connectivity index (χ2n) is 7.88. The Morgan fingerprint density at radius 3 is 2.74 bits per heavy atom. The molecule has 2 heterocycles. The lowest BCUT2D eigenvalue weighted by atomic mass is 9.97. The first-order chi connectivity index (χ1) is 16.3. The molecule has 1 aliphatic rings. The second-order valence-corrected chi connectivity index (χ2v) is 8.98. The number of hydrogen-bond acceptors (Lipinski definition) is 8. The summed E-state index contributed by atoms with van der Waals surface area (Å²) in [6.07, 6.45) is 0.230. The molecule has 0 radical (unpaired) electrons. The number of ether oxygens (including phenoxy) is 3. The Hall–Kier alpha value is -3.58. The quantitative estimate of drug-likeness (QED) is 0.446. The van der Waals surface area contributed by atoms with Gasteiger partial charge in [-0.05, 0) is 35.6 Å². The largest absolute Gasteiger partial charge is 0.497 e. The van der Waals surface area contributed by atoms with E-state index in [4.69, 9.17) is 14.2 Å². The van der Waals surface area contributed by atoms with Crippen LogP contribution < -0.4 is 10.1 Å². The van der Waals surface area contributed by atoms with Crippen LogP contribution in [0.2, 0.25) is 0 Å². The summed E-state index contributed by atoms with van der Waals surface area (Å²) in [5.41, 5.74) is 2.29. The van der Waals surface area contributed by atoms with E-state index < -0.39 is 12.1 Å². The van der Waals surface area contributed by atoms with Crippen molar-refractivity contribution >= 4 is 34.3 Å². The molecule has 3 rings (SSSR count). The third kappa shape index (κ3) is 6.26. The maximum atomic E-state index is 12.7. The predicted octanol–water partition coefficient (Wildman–Crippen LogP) is 3.82. The van der Waals surface area contributed by atoms with Gasteiger partial charge in [0, 0.05) is 24.8 Å². The number of nitrogens with zero attached hydrogens (tertiary/aromatic N) is 2. The van der Waals surface area contributed by atoms with Crippen LogP contribution in [0.4, 0.5) is 9.80 Å². The molecular formula is C24H27N3O6S. The van der Waals surface area contributed by atoms with Gasteiger partial charge in [-0.25, -0.2) is 4.79 Å². The Bertz CT molecular complexity index is 1110. The molecule has 10 heteroatoms. The fourth-order valence-corrected chi connectivity index (χ4v) is 4.92. The fraction of sp³-hybridized carbons (Fsp3) is 0.417. The maximum Gasteiger partial charge on any atom is 0.410 e. The molecule has 1 aromatic carbocycles. The lowest BCUT2D eigenvalue weighted by Crippen LogP contribution is -2.36. The molecule has 2 aromatic rings. The Kier molecular flexibility index (Phi) is 8.49. The van der Waals surface area contributed by atoms with Crippen LogP contribution in [-0.4, -0.2) is 49.7 Å². The summed E-state index contributed by atoms with van der Waals surface area (Å²) in [5, 5.41) is 13.1. The number of nitriles is 1. The van der Waals surface area contributed by atoms with Crippen molar-refractivity contribution in [3.05, 3.63) is 45.8 Å². The first-order valence-corrected chi connectivity index (χ1v) is 11.7. The lowest BCUT2D eigenvalue weighted by molar-refractivity contribution is -0.142. The molecular weight excluding hydrogens is 458 g/mol. The monoisotopic (exact) mass is 485 g/mol. The smallest absolute Gasteiger partial charge is 0.410 e. The van der Waals surface area contributed by atoms with E-state index in [1.165, 1.54) is 23.2 Å². The molecule has 1 N–H and O–H groups in total. The minimum atomic E-state index is -0.512. The van der Waals surface area contributed by atoms with Gasteiger partial charge in [-0.15, -0.1) is 11.3 Å². The summed E-state index contributed by atoms with van der Waals surface area (Å²) in [7, 11) is 1.60. The number of rotatable bonds is 8. The minimum Gasteiger partial charge on any atom is -0.497 e. The third-order valence-corrected chi connectivity index (χ3v) is 6.58. The molecule has 0 spiro atoms. The van der Waals surface area contributed by atoms with Gasteiger partial charge >= 0.3 is 12.1 Å². The van der Waals surface area contributed by atoms with Crippen molar-refractivity contribution in [2.75, 3.05) is 32.2 Å². The van der Waals surface area contributed by atoms with Gasteiger partial charge < -0.3 is 24.4 Å². The molecule has 0 aliphatic carbocycles. The number of anilines is 1. The van der Waals surface area contributed by atoms with Crippen LogP contribution in [0.3, 0.4) is 0 Å². The molecule has 0 unspecified atom stereocenters. The van der Waals surface area contributed by atoms with Crippen LogP contribution in [0, 0.1) is 11.3 Å². The third-order valence-electron chi connectivity index (χ3n) is 5.45. The average molecular weight is 486 g/mol. The highest BCUT2D eigenvalue weighted by Gasteiger charge is 2.28. The van der Waals surface area contributed by atoms with Crippen molar-refractivity contribution in [2.45, 2.75) is 39.2 Å². The van der Waals surface area contributed by atoms with E-state index in [0.29, 0.717) is 23.5 Å². The SMILES string of the molecule is COc1cccc([C@@H](C)CC(=O)Nc2sc3c(c2C#N)CCN(C(=O)OCCOC(C)=O)C3)c1. The van der Waals surface area contributed by atoms with Crippen LogP contribution in [0.1, 0.15) is 47.8 Å². The zero-order chi connectivity index (χ0) is 24.7. The van der Waals surface area contributed by atoms with Gasteiger partial charge in [-0.1, -0.05) is 19.1 Å². The molecule has 0 fully saturated rings. The van der Waals surface area contributed by atoms with Crippen LogP contribution in [0.15, 0.2) is 24.3 Å². The molecule has 1 atom stereocenters. The highest BCUT2D eigenvalue weighted by atomic mass is 32.1. The molecule has 180 valence electrons. The van der Waals surface area contributed by atoms with Crippen molar-refractivity contribution in [3.63, 3.8) is 0 Å². The predicted molar refractivity (Wildman–Crippen MR) is 126 cm³/mol. The number of carbonyl (C=O) groups is 3. The molecule has 0 saturated heterocycles. The summed E-state index contributed by atoms with van der Waals surface area (Å²) in [4.78, 5) is 38.2. The van der Waals surface area contributed by atoms with Gasteiger partial charge in [-0.3, -0.25) is 9.59 Å². The Labute approximate surface area is 202 Å². The van der Waals surface area contributed by atoms with Crippen molar-refractivity contribution in [3.8, 4) is 11.8 Å². The lowest BCUT2D eigenvalue weighted by Gasteiger charge is -2.26. The Balaban J connectivity index is 1.62. The zero-order valence-electron chi connectivity index (χ0n) is 19.4. The van der Waals surface area contributed by atoms with Gasteiger partial charge in [0.05, 0.1) is 19.2 Å². The van der Waals surface area contributed by atoms with E-state index in [9.17, 15) is 19.6 Å². The Morgan fingerprint density at radius 1 is 1.26 bits per heavy atom. The molecule has 34 heavy (non-hydrogen) atoms. The van der Waals surface area contributed by atoms with Crippen molar-refractivity contribution < 1.29 is 28.6 Å². The zero-order valence-corrected chi connectivity index (χ0v) is 20.2. The number of fused-ring (bicyclic) bond motifs is 1. The molecule has 0 saturated carbocycles. The van der Waals surface area contributed by atoms with Gasteiger partial charge in [0.2, 0.25) is 5.91 Å². The van der Waals surface area contributed by atoms with Crippen LogP contribution in [0.5, 0.6) is 5.75 Å². The molecule has 1 aliphatic heterocycles. The van der Waals surface area contributed by atoms with Gasteiger partial charge in [0.15, 0.2) is 0 Å². The first kappa shape index (κ1) is 25.1. The fourth-order valence-electron chi connectivity index (χ4n) is 3.69. The van der Waals surface area contributed by atoms with E-state index in [0.717, 1.165) is 21.8 Å². The molecule has 9 nitrogen and oxygen atoms in total. The maximum absolute atomic E-state index is 12.7.